The molecule has 0 radical (unpaired) electrons. The summed E-state index contributed by atoms with van der Waals surface area (Å²) in [4.78, 5) is 0. The van der Waals surface area contributed by atoms with Crippen molar-refractivity contribution < 1.29 is 40.9 Å². The zero-order valence-electron chi connectivity index (χ0n) is 21.1. The predicted molar refractivity (Wildman–Crippen MR) is 140 cm³/mol. The van der Waals surface area contributed by atoms with Gasteiger partial charge in [0.05, 0.1) is 39.6 Å². The van der Waals surface area contributed by atoms with Crippen LogP contribution in [0.15, 0.2) is 0 Å². The van der Waals surface area contributed by atoms with E-state index >= 15 is 0 Å². The first-order chi connectivity index (χ1) is 14.8. The Kier molecular flexibility index (Phi) is 54.5. The van der Waals surface area contributed by atoms with Gasteiger partial charge in [-0.3, -0.25) is 0 Å². The van der Waals surface area contributed by atoms with Crippen LogP contribution in [0.4, 0.5) is 0 Å². The predicted octanol–water partition coefficient (Wildman–Crippen LogP) is -0.735. The molecule has 0 amide bonds. The van der Waals surface area contributed by atoms with E-state index in [4.69, 9.17) is 40.9 Å². The fourth-order valence-electron chi connectivity index (χ4n) is 2.51. The van der Waals surface area contributed by atoms with E-state index in [9.17, 15) is 0 Å². The number of aliphatic hydroxyl groups is 8. The normalized spacial score (nSPS) is 11.6. The molecule has 0 aromatic carbocycles. The lowest BCUT2D eigenvalue weighted by atomic mass is 10.2. The highest BCUT2D eigenvalue weighted by molar-refractivity contribution is 7.22. The highest BCUT2D eigenvalue weighted by Crippen LogP contribution is 2.10. The Morgan fingerprint density at radius 3 is 0.806 bits per heavy atom. The Bertz CT molecular complexity index is 235. The van der Waals surface area contributed by atoms with Crippen LogP contribution in [0.1, 0.15) is 41.5 Å². The van der Waals surface area contributed by atoms with Crippen LogP contribution < -0.4 is 0 Å². The molecule has 0 aromatic rings. The topological polar surface area (TPSA) is 162 Å². The van der Waals surface area contributed by atoms with E-state index in [1.165, 1.54) is 12.1 Å². The second-order valence-electron chi connectivity index (χ2n) is 6.90. The Hall–Kier alpha value is 0.331. The summed E-state index contributed by atoms with van der Waals surface area (Å²) in [6.07, 6.45) is -2.44. The van der Waals surface area contributed by atoms with Crippen LogP contribution in [-0.4, -0.2) is 119 Å². The fraction of sp³-hybridized carbons (Fsp3) is 1.00. The number of hydrogen-bond donors (Lipinski definition) is 8. The van der Waals surface area contributed by atoms with Gasteiger partial charge in [0.2, 0.25) is 0 Å². The maximum Gasteiger partial charge on any atom is 0.105 e. The van der Waals surface area contributed by atoms with Gasteiger partial charge in [-0.15, -0.1) is 0 Å². The van der Waals surface area contributed by atoms with Gasteiger partial charge in [-0.2, -0.15) is 0 Å². The quantitative estimate of drug-likeness (QED) is 0.160. The maximum absolute atomic E-state index is 8.47. The first-order valence-corrected chi connectivity index (χ1v) is 19.7. The van der Waals surface area contributed by atoms with Gasteiger partial charge in [0, 0.05) is 26.1 Å². The summed E-state index contributed by atoms with van der Waals surface area (Å²) in [6, 6.07) is 9.22. The van der Waals surface area contributed by atoms with E-state index in [0.717, 1.165) is 0 Å². The van der Waals surface area contributed by atoms with Crippen molar-refractivity contribution in [1.29, 1.82) is 0 Å². The molecule has 8 nitrogen and oxygen atoms in total. The van der Waals surface area contributed by atoms with Crippen molar-refractivity contribution in [3.8, 4) is 0 Å². The molecule has 0 fully saturated rings. The zero-order chi connectivity index (χ0) is 25.5. The molecule has 0 saturated heterocycles. The zero-order valence-corrected chi connectivity index (χ0v) is 24.8. The van der Waals surface area contributed by atoms with E-state index in [2.05, 4.69) is 41.5 Å². The van der Waals surface area contributed by atoms with Gasteiger partial charge < -0.3 is 40.9 Å². The van der Waals surface area contributed by atoms with Crippen LogP contribution in [0.5, 0.6) is 0 Å². The van der Waals surface area contributed by atoms with E-state index in [0.29, 0.717) is 9.52 Å². The summed E-state index contributed by atoms with van der Waals surface area (Å²) < 4.78 is 0. The maximum atomic E-state index is 8.47. The largest absolute Gasteiger partial charge is 0.394 e. The summed E-state index contributed by atoms with van der Waals surface area (Å²) in [5, 5.41) is 63.7. The molecular weight excluding hydrogens is 452 g/mol. The summed E-state index contributed by atoms with van der Waals surface area (Å²) in [5.74, 6) is 0. The van der Waals surface area contributed by atoms with Crippen molar-refractivity contribution in [3.05, 3.63) is 0 Å². The standard InChI is InChI=1S/C8H22Si2.C4H10O4.C4H12Si.2C2H6O2/c1-5-9(6-2)10(7-3)8-4;5-1-3(7)4(8)2-6;1-3-5-4-2;2*3-1-2-4/h9-10H,5-8H2,1-4H3;3-8H,1-2H2;3-5H2,1-2H3;2*3-4H,1-2H2. The van der Waals surface area contributed by atoms with Crippen molar-refractivity contribution in [3.63, 3.8) is 0 Å². The third-order valence-electron chi connectivity index (χ3n) is 4.49. The molecule has 0 saturated carbocycles. The van der Waals surface area contributed by atoms with Gasteiger partial charge in [-0.25, -0.2) is 0 Å². The first-order valence-electron chi connectivity index (χ1n) is 11.8. The molecule has 0 rings (SSSR count). The van der Waals surface area contributed by atoms with Crippen LogP contribution in [-0.2, 0) is 0 Å². The molecule has 196 valence electrons. The van der Waals surface area contributed by atoms with Gasteiger partial charge in [0.25, 0.3) is 0 Å². The smallest absolute Gasteiger partial charge is 0.105 e. The molecule has 2 atom stereocenters. The minimum atomic E-state index is -1.22. The van der Waals surface area contributed by atoms with Crippen LogP contribution in [0, 0.1) is 0 Å². The molecule has 8 N–H and O–H groups in total. The second-order valence-corrected chi connectivity index (χ2v) is 21.6. The molecule has 0 aromatic heterocycles. The Morgan fingerprint density at radius 1 is 0.516 bits per heavy atom. The van der Waals surface area contributed by atoms with Crippen LogP contribution in [0.2, 0.25) is 36.3 Å². The highest BCUT2D eigenvalue weighted by atomic mass is 29.2. The minimum absolute atomic E-state index is 0.125. The Morgan fingerprint density at radius 2 is 0.742 bits per heavy atom. The molecule has 0 spiro atoms. The van der Waals surface area contributed by atoms with Gasteiger partial charge in [-0.05, 0) is 0 Å². The summed E-state index contributed by atoms with van der Waals surface area (Å²) in [7, 11) is 0.0957. The van der Waals surface area contributed by atoms with Crippen molar-refractivity contribution in [2.45, 2.75) is 90.0 Å². The van der Waals surface area contributed by atoms with Gasteiger partial charge in [-0.1, -0.05) is 77.8 Å². The highest BCUT2D eigenvalue weighted by Gasteiger charge is 2.16. The van der Waals surface area contributed by atoms with Crippen molar-refractivity contribution in [2.24, 2.45) is 0 Å². The van der Waals surface area contributed by atoms with Gasteiger partial charge >= 0.3 is 0 Å². The monoisotopic (exact) mass is 508 g/mol. The summed E-state index contributed by atoms with van der Waals surface area (Å²) in [5.41, 5.74) is 0. The minimum Gasteiger partial charge on any atom is -0.394 e. The average Bonchev–Trinajstić information content (AvgIpc) is 2.82. The number of aliphatic hydroxyl groups excluding tert-OH is 8. The lowest BCUT2D eigenvalue weighted by Gasteiger charge is -2.18. The summed E-state index contributed by atoms with van der Waals surface area (Å²) >= 11 is 0. The number of rotatable bonds is 12. The van der Waals surface area contributed by atoms with Gasteiger partial charge in [0.15, 0.2) is 0 Å². The molecule has 0 aliphatic heterocycles. The fourth-order valence-corrected chi connectivity index (χ4v) is 15.0. The molecule has 0 aliphatic rings. The Labute approximate surface area is 196 Å². The van der Waals surface area contributed by atoms with Crippen molar-refractivity contribution in [1.82, 2.24) is 0 Å². The SMILES string of the molecule is CC[SiH2]CC.CC[SiH](CC)[SiH](CC)CC.OCC(O)C(O)CO.OCCO.OCCO. The van der Waals surface area contributed by atoms with Crippen LogP contribution in [0.3, 0.4) is 0 Å². The average molecular weight is 509 g/mol. The molecular formula is C20H56O8Si3. The molecule has 0 bridgehead atoms. The molecule has 11 heteroatoms. The van der Waals surface area contributed by atoms with E-state index in [1.807, 2.05) is 0 Å². The van der Waals surface area contributed by atoms with Crippen LogP contribution >= 0.6 is 0 Å². The van der Waals surface area contributed by atoms with Crippen LogP contribution in [0.25, 0.3) is 0 Å². The van der Waals surface area contributed by atoms with E-state index in [-0.39, 0.29) is 43.1 Å². The number of hydrogen-bond acceptors (Lipinski definition) is 8. The lowest BCUT2D eigenvalue weighted by Crippen LogP contribution is -2.32. The molecule has 0 heterocycles. The third-order valence-corrected chi connectivity index (χ3v) is 21.1. The Balaban J connectivity index is -0.0000000961. The van der Waals surface area contributed by atoms with Crippen molar-refractivity contribution >= 4 is 26.1 Å². The van der Waals surface area contributed by atoms with Gasteiger partial charge in [0.1, 0.15) is 12.2 Å². The molecule has 31 heavy (non-hydrogen) atoms. The lowest BCUT2D eigenvalue weighted by molar-refractivity contribution is -0.0388. The summed E-state index contributed by atoms with van der Waals surface area (Å²) in [6.45, 7) is 12.6. The van der Waals surface area contributed by atoms with E-state index < -0.39 is 25.4 Å². The first kappa shape index (κ1) is 41.6. The second kappa shape index (κ2) is 40.7. The van der Waals surface area contributed by atoms with E-state index in [1.54, 1.807) is 24.2 Å². The molecule has 0 aliphatic carbocycles. The molecule has 2 unspecified atom stereocenters. The van der Waals surface area contributed by atoms with Crippen molar-refractivity contribution in [2.75, 3.05) is 39.6 Å². The third kappa shape index (κ3) is 41.1.